The van der Waals surface area contributed by atoms with Gasteiger partial charge in [0.2, 0.25) is 0 Å². The van der Waals surface area contributed by atoms with Crippen molar-refractivity contribution in [2.24, 2.45) is 11.5 Å². The van der Waals surface area contributed by atoms with Gasteiger partial charge in [-0.3, -0.25) is 10.2 Å². The number of aliphatic hydroxyl groups is 1. The first-order valence-corrected chi connectivity index (χ1v) is 12.1. The smallest absolute Gasteiger partial charge is 0.268 e. The van der Waals surface area contributed by atoms with Gasteiger partial charge < -0.3 is 26.5 Å². The number of amides is 1. The Kier molecular flexibility index (Phi) is 6.28. The van der Waals surface area contributed by atoms with Crippen LogP contribution < -0.4 is 16.8 Å². The number of rotatable bonds is 6. The summed E-state index contributed by atoms with van der Waals surface area (Å²) in [6.07, 6.45) is 3.47. The summed E-state index contributed by atoms with van der Waals surface area (Å²) in [6.45, 7) is 0.175. The van der Waals surface area contributed by atoms with Crippen LogP contribution in [0, 0.1) is 5.41 Å². The van der Waals surface area contributed by atoms with Crippen LogP contribution in [0.1, 0.15) is 52.9 Å². The zero-order chi connectivity index (χ0) is 24.5. The Morgan fingerprint density at radius 1 is 1.03 bits per heavy atom. The summed E-state index contributed by atoms with van der Waals surface area (Å²) in [5.41, 5.74) is 15.3. The number of aliphatic hydroxyl groups excluding tert-OH is 1. The molecule has 5 rings (SSSR count). The highest BCUT2D eigenvalue weighted by Gasteiger charge is 2.27. The van der Waals surface area contributed by atoms with Crippen molar-refractivity contribution in [1.29, 1.82) is 5.41 Å². The molecule has 1 aliphatic rings. The zero-order valence-corrected chi connectivity index (χ0v) is 19.6. The van der Waals surface area contributed by atoms with Crippen LogP contribution in [0.2, 0.25) is 0 Å². The summed E-state index contributed by atoms with van der Waals surface area (Å²) in [4.78, 5) is 13.7. The van der Waals surface area contributed by atoms with Gasteiger partial charge in [-0.25, -0.2) is 0 Å². The number of hydrogen-bond acceptors (Lipinski definition) is 4. The minimum Gasteiger partial charge on any atom is -0.392 e. The van der Waals surface area contributed by atoms with E-state index in [4.69, 9.17) is 16.9 Å². The van der Waals surface area contributed by atoms with E-state index < -0.39 is 0 Å². The SMILES string of the molecule is N=C(N)c1ccc2c(CO)c(C(=O)N[C@H]3CC[C@H](N)CC3)n(Cc3cccc4ccccc34)c2c1. The van der Waals surface area contributed by atoms with Gasteiger partial charge in [0.05, 0.1) is 12.1 Å². The zero-order valence-electron chi connectivity index (χ0n) is 19.6. The van der Waals surface area contributed by atoms with Gasteiger partial charge in [-0.05, 0) is 48.1 Å². The van der Waals surface area contributed by atoms with E-state index in [1.807, 2.05) is 34.9 Å². The molecule has 0 atom stereocenters. The number of fused-ring (bicyclic) bond motifs is 2. The Morgan fingerprint density at radius 3 is 2.51 bits per heavy atom. The van der Waals surface area contributed by atoms with Crippen molar-refractivity contribution in [3.05, 3.63) is 83.0 Å². The van der Waals surface area contributed by atoms with Crippen LogP contribution in [-0.2, 0) is 13.2 Å². The van der Waals surface area contributed by atoms with Crippen molar-refractivity contribution in [2.75, 3.05) is 0 Å². The summed E-state index contributed by atoms with van der Waals surface area (Å²) in [5.74, 6) is -0.241. The largest absolute Gasteiger partial charge is 0.392 e. The van der Waals surface area contributed by atoms with Crippen molar-refractivity contribution in [3.8, 4) is 0 Å². The second-order valence-electron chi connectivity index (χ2n) is 9.44. The minimum atomic E-state index is -0.267. The number of nitrogens with one attached hydrogen (secondary N) is 2. The van der Waals surface area contributed by atoms with E-state index in [-0.39, 0.29) is 30.4 Å². The van der Waals surface area contributed by atoms with Crippen LogP contribution in [0.25, 0.3) is 21.7 Å². The van der Waals surface area contributed by atoms with Crippen molar-refractivity contribution in [3.63, 3.8) is 0 Å². The molecule has 0 spiro atoms. The molecule has 1 fully saturated rings. The lowest BCUT2D eigenvalue weighted by Crippen LogP contribution is -2.41. The number of nitrogen functional groups attached to an aromatic ring is 1. The Hall–Kier alpha value is -3.68. The van der Waals surface area contributed by atoms with Gasteiger partial charge in [0.1, 0.15) is 11.5 Å². The number of nitrogens with zero attached hydrogens (tertiary/aromatic N) is 1. The molecule has 7 heteroatoms. The number of nitrogens with two attached hydrogens (primary N) is 2. The lowest BCUT2D eigenvalue weighted by molar-refractivity contribution is 0.0914. The highest BCUT2D eigenvalue weighted by molar-refractivity contribution is 6.04. The number of amidine groups is 1. The number of carbonyl (C=O) groups is 1. The molecule has 1 aliphatic carbocycles. The van der Waals surface area contributed by atoms with Gasteiger partial charge in [0.25, 0.3) is 5.91 Å². The summed E-state index contributed by atoms with van der Waals surface area (Å²) in [7, 11) is 0. The first-order chi connectivity index (χ1) is 17.0. The normalized spacial score (nSPS) is 18.1. The molecule has 0 bridgehead atoms. The van der Waals surface area contributed by atoms with Crippen LogP contribution in [0.5, 0.6) is 0 Å². The number of carbonyl (C=O) groups excluding carboxylic acids is 1. The predicted octanol–water partition coefficient (Wildman–Crippen LogP) is 3.62. The molecule has 7 N–H and O–H groups in total. The molecule has 1 saturated carbocycles. The Bertz CT molecular complexity index is 1410. The van der Waals surface area contributed by atoms with Crippen LogP contribution >= 0.6 is 0 Å². The lowest BCUT2D eigenvalue weighted by Gasteiger charge is -2.27. The van der Waals surface area contributed by atoms with E-state index >= 15 is 0 Å². The maximum Gasteiger partial charge on any atom is 0.268 e. The summed E-state index contributed by atoms with van der Waals surface area (Å²) >= 11 is 0. The second kappa shape index (κ2) is 9.52. The number of benzene rings is 3. The quantitative estimate of drug-likeness (QED) is 0.218. The molecule has 1 amide bonds. The van der Waals surface area contributed by atoms with Crippen LogP contribution in [-0.4, -0.2) is 33.5 Å². The van der Waals surface area contributed by atoms with Gasteiger partial charge in [0.15, 0.2) is 0 Å². The number of hydrogen-bond donors (Lipinski definition) is 5. The van der Waals surface area contributed by atoms with Crippen LogP contribution in [0.15, 0.2) is 60.7 Å². The average molecular weight is 470 g/mol. The van der Waals surface area contributed by atoms with E-state index in [9.17, 15) is 9.90 Å². The summed E-state index contributed by atoms with van der Waals surface area (Å²) in [5, 5.41) is 24.5. The molecule has 0 saturated heterocycles. The first kappa shape index (κ1) is 23.1. The van der Waals surface area contributed by atoms with Gasteiger partial charge in [-0.1, -0.05) is 54.6 Å². The van der Waals surface area contributed by atoms with Crippen molar-refractivity contribution in [2.45, 2.75) is 50.9 Å². The molecule has 180 valence electrons. The molecule has 0 radical (unpaired) electrons. The highest BCUT2D eigenvalue weighted by Crippen LogP contribution is 2.31. The molecule has 1 heterocycles. The first-order valence-electron chi connectivity index (χ1n) is 12.1. The van der Waals surface area contributed by atoms with Crippen molar-refractivity contribution >= 4 is 33.4 Å². The van der Waals surface area contributed by atoms with Gasteiger partial charge in [0, 0.05) is 35.1 Å². The standard InChI is InChI=1S/C28H31N5O2/c29-20-9-11-21(12-10-20)32-28(35)26-24(16-34)23-13-8-18(27(30)31)14-25(23)33(26)15-19-6-3-5-17-4-1-2-7-22(17)19/h1-8,13-14,20-21,34H,9-12,15-16,29H2,(H3,30,31)(H,32,35)/t20-,21-. The second-order valence-corrected chi connectivity index (χ2v) is 9.44. The maximum atomic E-state index is 13.7. The van der Waals surface area contributed by atoms with E-state index in [0.717, 1.165) is 52.9 Å². The third-order valence-corrected chi connectivity index (χ3v) is 7.17. The topological polar surface area (TPSA) is 130 Å². The van der Waals surface area contributed by atoms with E-state index in [2.05, 4.69) is 29.6 Å². The fraction of sp³-hybridized carbons (Fsp3) is 0.286. The Morgan fingerprint density at radius 2 is 1.77 bits per heavy atom. The van der Waals surface area contributed by atoms with Gasteiger partial charge in [-0.15, -0.1) is 0 Å². The fourth-order valence-corrected chi connectivity index (χ4v) is 5.29. The molecular formula is C28H31N5O2. The number of aromatic nitrogens is 1. The molecule has 0 aliphatic heterocycles. The summed E-state index contributed by atoms with van der Waals surface area (Å²) in [6, 6.07) is 20.0. The molecule has 35 heavy (non-hydrogen) atoms. The molecule has 4 aromatic rings. The average Bonchev–Trinajstić information content (AvgIpc) is 3.18. The molecule has 7 nitrogen and oxygen atoms in total. The van der Waals surface area contributed by atoms with Crippen molar-refractivity contribution in [1.82, 2.24) is 9.88 Å². The molecular weight excluding hydrogens is 438 g/mol. The highest BCUT2D eigenvalue weighted by atomic mass is 16.3. The van der Waals surface area contributed by atoms with E-state index in [0.29, 0.717) is 23.4 Å². The monoisotopic (exact) mass is 469 g/mol. The third-order valence-electron chi connectivity index (χ3n) is 7.17. The van der Waals surface area contributed by atoms with Gasteiger partial charge in [-0.2, -0.15) is 0 Å². The minimum absolute atomic E-state index is 0.0418. The molecule has 1 aromatic heterocycles. The Balaban J connectivity index is 1.65. The maximum absolute atomic E-state index is 13.7. The van der Waals surface area contributed by atoms with Gasteiger partial charge >= 0.3 is 0 Å². The third kappa shape index (κ3) is 4.40. The van der Waals surface area contributed by atoms with Crippen molar-refractivity contribution < 1.29 is 9.90 Å². The lowest BCUT2D eigenvalue weighted by atomic mass is 9.91. The molecule has 0 unspecified atom stereocenters. The van der Waals surface area contributed by atoms with E-state index in [1.165, 1.54) is 0 Å². The van der Waals surface area contributed by atoms with Crippen LogP contribution in [0.3, 0.4) is 0 Å². The predicted molar refractivity (Wildman–Crippen MR) is 140 cm³/mol. The van der Waals surface area contributed by atoms with E-state index in [1.54, 1.807) is 6.07 Å². The van der Waals surface area contributed by atoms with Crippen LogP contribution in [0.4, 0.5) is 0 Å². The Labute approximate surface area is 204 Å². The molecule has 3 aromatic carbocycles. The summed E-state index contributed by atoms with van der Waals surface area (Å²) < 4.78 is 1.96. The fourth-order valence-electron chi connectivity index (χ4n) is 5.29.